The van der Waals surface area contributed by atoms with Gasteiger partial charge in [-0.1, -0.05) is 12.1 Å². The van der Waals surface area contributed by atoms with Crippen LogP contribution >= 0.6 is 0 Å². The fourth-order valence-electron chi connectivity index (χ4n) is 1.35. The third kappa shape index (κ3) is 4.18. The molecule has 4 heteroatoms. The van der Waals surface area contributed by atoms with E-state index in [9.17, 15) is 14.4 Å². The third-order valence-corrected chi connectivity index (χ3v) is 2.26. The summed E-state index contributed by atoms with van der Waals surface area (Å²) < 4.78 is 4.84. The largest absolute Gasteiger partial charge is 0.462 e. The molecule has 0 atom stereocenters. The quantitative estimate of drug-likeness (QED) is 0.426. The van der Waals surface area contributed by atoms with E-state index >= 15 is 0 Å². The number of ketones is 1. The summed E-state index contributed by atoms with van der Waals surface area (Å²) in [4.78, 5) is 32.3. The highest BCUT2D eigenvalue weighted by atomic mass is 16.5. The normalized spacial score (nSPS) is 9.71. The number of benzene rings is 1. The summed E-state index contributed by atoms with van der Waals surface area (Å²) in [6.45, 7) is 2.09. The average Bonchev–Trinajstić information content (AvgIpc) is 2.36. The minimum Gasteiger partial charge on any atom is -0.462 e. The fraction of sp³-hybridized carbons (Fsp3) is 0.308. The maximum Gasteiger partial charge on any atom is 0.338 e. The van der Waals surface area contributed by atoms with Gasteiger partial charge in [0, 0.05) is 6.42 Å². The highest BCUT2D eigenvalue weighted by Crippen LogP contribution is 2.08. The molecule has 90 valence electrons. The van der Waals surface area contributed by atoms with Gasteiger partial charge < -0.3 is 4.74 Å². The van der Waals surface area contributed by atoms with Gasteiger partial charge in [0.05, 0.1) is 12.2 Å². The van der Waals surface area contributed by atoms with E-state index in [0.717, 1.165) is 5.56 Å². The van der Waals surface area contributed by atoms with Gasteiger partial charge in [0.25, 0.3) is 0 Å². The van der Waals surface area contributed by atoms with Gasteiger partial charge >= 0.3 is 5.97 Å². The van der Waals surface area contributed by atoms with Gasteiger partial charge in [-0.05, 0) is 31.0 Å². The lowest BCUT2D eigenvalue weighted by Gasteiger charge is -2.03. The summed E-state index contributed by atoms with van der Waals surface area (Å²) >= 11 is 0. The minimum atomic E-state index is -0.417. The van der Waals surface area contributed by atoms with E-state index in [4.69, 9.17) is 4.74 Å². The van der Waals surface area contributed by atoms with Gasteiger partial charge in [0.15, 0.2) is 12.1 Å². The molecule has 0 aliphatic rings. The molecule has 17 heavy (non-hydrogen) atoms. The van der Waals surface area contributed by atoms with Crippen LogP contribution in [-0.4, -0.2) is 24.6 Å². The zero-order chi connectivity index (χ0) is 12.7. The van der Waals surface area contributed by atoms with Gasteiger partial charge in [-0.3, -0.25) is 9.59 Å². The van der Waals surface area contributed by atoms with E-state index in [1.54, 1.807) is 31.2 Å². The van der Waals surface area contributed by atoms with Crippen molar-refractivity contribution in [2.75, 3.05) is 6.61 Å². The summed E-state index contributed by atoms with van der Waals surface area (Å²) in [5, 5.41) is 0. The minimum absolute atomic E-state index is 0.197. The first-order valence-corrected chi connectivity index (χ1v) is 5.41. The lowest BCUT2D eigenvalue weighted by atomic mass is 10.1. The molecule has 0 spiro atoms. The maximum atomic E-state index is 11.3. The van der Waals surface area contributed by atoms with Crippen LogP contribution in [0.3, 0.4) is 0 Å². The molecule has 1 aromatic carbocycles. The Balaban J connectivity index is 2.58. The van der Waals surface area contributed by atoms with Crippen LogP contribution in [0.4, 0.5) is 0 Å². The van der Waals surface area contributed by atoms with Gasteiger partial charge in [-0.2, -0.15) is 0 Å². The van der Waals surface area contributed by atoms with Crippen LogP contribution in [0.25, 0.3) is 0 Å². The smallest absolute Gasteiger partial charge is 0.338 e. The number of ether oxygens (including phenoxy) is 1. The molecule has 0 radical (unpaired) electrons. The Morgan fingerprint density at radius 2 is 1.88 bits per heavy atom. The lowest BCUT2D eigenvalue weighted by Crippen LogP contribution is -2.05. The highest BCUT2D eigenvalue weighted by Gasteiger charge is 2.06. The Kier molecular flexibility index (Phi) is 5.07. The molecule has 0 aliphatic heterocycles. The molecule has 0 fully saturated rings. The first-order valence-electron chi connectivity index (χ1n) is 5.41. The van der Waals surface area contributed by atoms with Crippen LogP contribution in [0, 0.1) is 0 Å². The van der Waals surface area contributed by atoms with Crippen LogP contribution in [0.5, 0.6) is 0 Å². The predicted octanol–water partition coefficient (Wildman–Crippen LogP) is 1.56. The number of hydrogen-bond acceptors (Lipinski definition) is 4. The van der Waals surface area contributed by atoms with E-state index < -0.39 is 5.78 Å². The average molecular weight is 234 g/mol. The van der Waals surface area contributed by atoms with Crippen molar-refractivity contribution in [1.29, 1.82) is 0 Å². The van der Waals surface area contributed by atoms with Gasteiger partial charge in [-0.15, -0.1) is 0 Å². The molecular formula is C13H14O4. The maximum absolute atomic E-state index is 11.3. The number of rotatable bonds is 6. The molecule has 0 saturated carbocycles. The van der Waals surface area contributed by atoms with Crippen molar-refractivity contribution in [3.63, 3.8) is 0 Å². The number of carbonyl (C=O) groups is 3. The molecule has 4 nitrogen and oxygen atoms in total. The van der Waals surface area contributed by atoms with Crippen molar-refractivity contribution in [2.45, 2.75) is 19.8 Å². The van der Waals surface area contributed by atoms with Crippen molar-refractivity contribution >= 4 is 18.0 Å². The van der Waals surface area contributed by atoms with Crippen LogP contribution in [0.15, 0.2) is 24.3 Å². The predicted molar refractivity (Wildman–Crippen MR) is 61.8 cm³/mol. The van der Waals surface area contributed by atoms with E-state index in [1.807, 2.05) is 0 Å². The van der Waals surface area contributed by atoms with Crippen molar-refractivity contribution in [3.05, 3.63) is 35.4 Å². The van der Waals surface area contributed by atoms with Gasteiger partial charge in [0.1, 0.15) is 0 Å². The standard InChI is InChI=1S/C13H14O4/c1-2-17-13(16)11-6-3-10(4-7-11)5-8-12(15)9-14/h3-4,6-7,9H,2,5,8H2,1H3. The van der Waals surface area contributed by atoms with Crippen molar-refractivity contribution < 1.29 is 19.1 Å². The second-order valence-corrected chi connectivity index (χ2v) is 3.50. The van der Waals surface area contributed by atoms with E-state index in [2.05, 4.69) is 0 Å². The van der Waals surface area contributed by atoms with Crippen LogP contribution in [0.2, 0.25) is 0 Å². The summed E-state index contributed by atoms with van der Waals surface area (Å²) in [5.41, 5.74) is 1.39. The first-order chi connectivity index (χ1) is 8.17. The number of carbonyl (C=O) groups excluding carboxylic acids is 3. The van der Waals surface area contributed by atoms with Crippen LogP contribution in [-0.2, 0) is 20.7 Å². The van der Waals surface area contributed by atoms with Crippen LogP contribution in [0.1, 0.15) is 29.3 Å². The second kappa shape index (κ2) is 6.58. The monoisotopic (exact) mass is 234 g/mol. The van der Waals surface area contributed by atoms with E-state index in [1.165, 1.54) is 0 Å². The molecule has 0 N–H and O–H groups in total. The number of hydrogen-bond donors (Lipinski definition) is 0. The number of aldehydes is 1. The SMILES string of the molecule is CCOC(=O)c1ccc(CCC(=O)C=O)cc1. The van der Waals surface area contributed by atoms with Crippen LogP contribution < -0.4 is 0 Å². The molecule has 0 saturated heterocycles. The molecule has 0 aliphatic carbocycles. The molecule has 0 unspecified atom stereocenters. The van der Waals surface area contributed by atoms with E-state index in [0.29, 0.717) is 24.9 Å². The number of aryl methyl sites for hydroxylation is 1. The molecular weight excluding hydrogens is 220 g/mol. The molecule has 0 aromatic heterocycles. The Morgan fingerprint density at radius 1 is 1.24 bits per heavy atom. The topological polar surface area (TPSA) is 60.4 Å². The van der Waals surface area contributed by atoms with Crippen molar-refractivity contribution in [3.8, 4) is 0 Å². The molecule has 1 rings (SSSR count). The van der Waals surface area contributed by atoms with Gasteiger partial charge in [-0.25, -0.2) is 4.79 Å². The Bertz CT molecular complexity index is 406. The van der Waals surface area contributed by atoms with Crippen molar-refractivity contribution in [1.82, 2.24) is 0 Å². The highest BCUT2D eigenvalue weighted by molar-refractivity contribution is 6.24. The Morgan fingerprint density at radius 3 is 2.41 bits per heavy atom. The third-order valence-electron chi connectivity index (χ3n) is 2.26. The number of Topliss-reactive ketones (excluding diaryl/α,β-unsaturated/α-hetero) is 1. The second-order valence-electron chi connectivity index (χ2n) is 3.50. The Hall–Kier alpha value is -1.97. The summed E-state index contributed by atoms with van der Waals surface area (Å²) in [5.74, 6) is -0.775. The molecule has 0 amide bonds. The zero-order valence-corrected chi connectivity index (χ0v) is 9.64. The lowest BCUT2D eigenvalue weighted by molar-refractivity contribution is -0.129. The first kappa shape index (κ1) is 13.1. The molecule has 0 bridgehead atoms. The number of esters is 1. The van der Waals surface area contributed by atoms with Gasteiger partial charge in [0.2, 0.25) is 0 Å². The van der Waals surface area contributed by atoms with E-state index in [-0.39, 0.29) is 12.4 Å². The summed E-state index contributed by atoms with van der Waals surface area (Å²) in [6.07, 6.45) is 1.02. The van der Waals surface area contributed by atoms with Crippen molar-refractivity contribution in [2.24, 2.45) is 0 Å². The fourth-order valence-corrected chi connectivity index (χ4v) is 1.35. The summed E-state index contributed by atoms with van der Waals surface area (Å²) in [6, 6.07) is 6.81. The molecule has 1 aromatic rings. The Labute approximate surface area is 99.6 Å². The summed E-state index contributed by atoms with van der Waals surface area (Å²) in [7, 11) is 0. The zero-order valence-electron chi connectivity index (χ0n) is 9.64. The molecule has 0 heterocycles.